The second-order valence-corrected chi connectivity index (χ2v) is 6.03. The van der Waals surface area contributed by atoms with Crippen molar-refractivity contribution in [2.45, 2.75) is 6.10 Å². The zero-order chi connectivity index (χ0) is 18.4. The second kappa shape index (κ2) is 8.54. The fourth-order valence-corrected chi connectivity index (χ4v) is 2.94. The van der Waals surface area contributed by atoms with Crippen LogP contribution in [0.3, 0.4) is 0 Å². The standard InChI is InChI=1S/C21H23NO4/c1-24-19-8-3-5-16(13-19)9-10-20-15-22(11-12-26-20)18-7-4-6-17(14-18)21(23)25-2/h3-10,13-14,20H,11-12,15H2,1-2H3/b10-9+. The molecule has 0 aromatic heterocycles. The molecule has 0 radical (unpaired) electrons. The number of nitrogens with zero attached hydrogens (tertiary/aromatic N) is 1. The zero-order valence-corrected chi connectivity index (χ0v) is 15.1. The smallest absolute Gasteiger partial charge is 0.337 e. The maximum atomic E-state index is 11.7. The van der Waals surface area contributed by atoms with Gasteiger partial charge in [-0.15, -0.1) is 0 Å². The van der Waals surface area contributed by atoms with Gasteiger partial charge in [0.05, 0.1) is 32.5 Å². The third kappa shape index (κ3) is 4.43. The Bertz CT molecular complexity index is 787. The molecule has 0 saturated carbocycles. The lowest BCUT2D eigenvalue weighted by Gasteiger charge is -2.33. The van der Waals surface area contributed by atoms with Crippen molar-refractivity contribution in [1.29, 1.82) is 0 Å². The third-order valence-corrected chi connectivity index (χ3v) is 4.32. The van der Waals surface area contributed by atoms with Crippen molar-refractivity contribution in [2.24, 2.45) is 0 Å². The average molecular weight is 353 g/mol. The van der Waals surface area contributed by atoms with Crippen LogP contribution in [0.2, 0.25) is 0 Å². The first-order valence-electron chi connectivity index (χ1n) is 8.57. The summed E-state index contributed by atoms with van der Waals surface area (Å²) in [5.74, 6) is 0.507. The van der Waals surface area contributed by atoms with E-state index < -0.39 is 0 Å². The molecule has 136 valence electrons. The fourth-order valence-electron chi connectivity index (χ4n) is 2.94. The Balaban J connectivity index is 1.69. The van der Waals surface area contributed by atoms with Crippen molar-refractivity contribution in [3.63, 3.8) is 0 Å². The number of carbonyl (C=O) groups is 1. The number of rotatable bonds is 5. The average Bonchev–Trinajstić information content (AvgIpc) is 2.72. The van der Waals surface area contributed by atoms with Crippen LogP contribution in [0.25, 0.3) is 6.08 Å². The van der Waals surface area contributed by atoms with Gasteiger partial charge in [-0.3, -0.25) is 0 Å². The van der Waals surface area contributed by atoms with Crippen LogP contribution in [0.1, 0.15) is 15.9 Å². The van der Waals surface area contributed by atoms with Crippen LogP contribution < -0.4 is 9.64 Å². The van der Waals surface area contributed by atoms with Crippen LogP contribution in [0.4, 0.5) is 5.69 Å². The third-order valence-electron chi connectivity index (χ3n) is 4.32. The quantitative estimate of drug-likeness (QED) is 0.771. The monoisotopic (exact) mass is 353 g/mol. The van der Waals surface area contributed by atoms with Crippen LogP contribution in [-0.2, 0) is 9.47 Å². The van der Waals surface area contributed by atoms with Crippen molar-refractivity contribution >= 4 is 17.7 Å². The topological polar surface area (TPSA) is 48.0 Å². The Morgan fingerprint density at radius 1 is 1.19 bits per heavy atom. The SMILES string of the molecule is COC(=O)c1cccc(N2CCOC(/C=C/c3cccc(OC)c3)C2)c1. The van der Waals surface area contributed by atoms with Gasteiger partial charge in [0.25, 0.3) is 0 Å². The summed E-state index contributed by atoms with van der Waals surface area (Å²) in [4.78, 5) is 14.0. The molecule has 5 nitrogen and oxygen atoms in total. The van der Waals surface area contributed by atoms with E-state index in [1.807, 2.05) is 48.5 Å². The molecule has 1 aliphatic rings. The predicted octanol–water partition coefficient (Wildman–Crippen LogP) is 3.40. The summed E-state index contributed by atoms with van der Waals surface area (Å²) in [7, 11) is 3.05. The van der Waals surface area contributed by atoms with Gasteiger partial charge in [-0.25, -0.2) is 4.79 Å². The van der Waals surface area contributed by atoms with E-state index >= 15 is 0 Å². The highest BCUT2D eigenvalue weighted by Gasteiger charge is 2.19. The number of anilines is 1. The molecule has 1 atom stereocenters. The summed E-state index contributed by atoms with van der Waals surface area (Å²) in [5.41, 5.74) is 2.62. The normalized spacial score (nSPS) is 17.3. The Labute approximate surface area is 153 Å². The molecule has 26 heavy (non-hydrogen) atoms. The van der Waals surface area contributed by atoms with Gasteiger partial charge in [0, 0.05) is 18.8 Å². The summed E-state index contributed by atoms with van der Waals surface area (Å²) >= 11 is 0. The molecule has 1 saturated heterocycles. The van der Waals surface area contributed by atoms with E-state index in [1.54, 1.807) is 13.2 Å². The molecule has 5 heteroatoms. The molecule has 3 rings (SSSR count). The maximum absolute atomic E-state index is 11.7. The molecule has 0 aliphatic carbocycles. The van der Waals surface area contributed by atoms with Crippen LogP contribution in [0, 0.1) is 0 Å². The number of morpholine rings is 1. The Kier molecular flexibility index (Phi) is 5.92. The van der Waals surface area contributed by atoms with Gasteiger partial charge in [-0.1, -0.05) is 30.4 Å². The van der Waals surface area contributed by atoms with E-state index in [9.17, 15) is 4.79 Å². The summed E-state index contributed by atoms with van der Waals surface area (Å²) < 4.78 is 15.9. The van der Waals surface area contributed by atoms with E-state index in [0.717, 1.165) is 30.1 Å². The van der Waals surface area contributed by atoms with Crippen molar-refractivity contribution in [3.05, 3.63) is 65.7 Å². The number of ether oxygens (including phenoxy) is 3. The minimum atomic E-state index is -0.324. The van der Waals surface area contributed by atoms with Crippen molar-refractivity contribution in [3.8, 4) is 5.75 Å². The van der Waals surface area contributed by atoms with Gasteiger partial charge in [0.1, 0.15) is 5.75 Å². The van der Waals surface area contributed by atoms with Gasteiger partial charge in [-0.05, 0) is 35.9 Å². The van der Waals surface area contributed by atoms with Gasteiger partial charge in [0.15, 0.2) is 0 Å². The highest BCUT2D eigenvalue weighted by Crippen LogP contribution is 2.21. The van der Waals surface area contributed by atoms with E-state index in [1.165, 1.54) is 7.11 Å². The van der Waals surface area contributed by atoms with Crippen molar-refractivity contribution in [2.75, 3.05) is 38.8 Å². The number of hydrogen-bond acceptors (Lipinski definition) is 5. The fraction of sp³-hybridized carbons (Fsp3) is 0.286. The van der Waals surface area contributed by atoms with Crippen LogP contribution in [0.15, 0.2) is 54.6 Å². The highest BCUT2D eigenvalue weighted by molar-refractivity contribution is 5.90. The molecule has 2 aromatic rings. The predicted molar refractivity (Wildman–Crippen MR) is 102 cm³/mol. The minimum absolute atomic E-state index is 0.0169. The highest BCUT2D eigenvalue weighted by atomic mass is 16.5. The van der Waals surface area contributed by atoms with Gasteiger partial charge >= 0.3 is 5.97 Å². The number of methoxy groups -OCH3 is 2. The number of benzene rings is 2. The van der Waals surface area contributed by atoms with Crippen LogP contribution >= 0.6 is 0 Å². The number of esters is 1. The second-order valence-electron chi connectivity index (χ2n) is 6.03. The number of hydrogen-bond donors (Lipinski definition) is 0. The first-order valence-corrected chi connectivity index (χ1v) is 8.57. The molecule has 1 unspecified atom stereocenters. The maximum Gasteiger partial charge on any atom is 0.337 e. The van der Waals surface area contributed by atoms with Gasteiger partial charge in [-0.2, -0.15) is 0 Å². The summed E-state index contributed by atoms with van der Waals surface area (Å²) in [6.45, 7) is 2.15. The molecule has 1 heterocycles. The molecule has 1 aliphatic heterocycles. The Morgan fingerprint density at radius 3 is 2.85 bits per heavy atom. The van der Waals surface area contributed by atoms with Gasteiger partial charge < -0.3 is 19.1 Å². The Morgan fingerprint density at radius 2 is 2.04 bits per heavy atom. The molecule has 0 spiro atoms. The summed E-state index contributed by atoms with van der Waals surface area (Å²) in [6.07, 6.45) is 4.09. The summed E-state index contributed by atoms with van der Waals surface area (Å²) in [5, 5.41) is 0. The molecule has 1 fully saturated rings. The summed E-state index contributed by atoms with van der Waals surface area (Å²) in [6, 6.07) is 15.4. The molecule has 2 aromatic carbocycles. The van der Waals surface area contributed by atoms with E-state index in [-0.39, 0.29) is 12.1 Å². The minimum Gasteiger partial charge on any atom is -0.497 e. The van der Waals surface area contributed by atoms with Crippen LogP contribution in [-0.4, -0.2) is 46.0 Å². The zero-order valence-electron chi connectivity index (χ0n) is 15.1. The van der Waals surface area contributed by atoms with Crippen LogP contribution in [0.5, 0.6) is 5.75 Å². The lowest BCUT2D eigenvalue weighted by Crippen LogP contribution is -2.41. The van der Waals surface area contributed by atoms with Crippen molar-refractivity contribution < 1.29 is 19.0 Å². The van der Waals surface area contributed by atoms with E-state index in [4.69, 9.17) is 14.2 Å². The van der Waals surface area contributed by atoms with E-state index in [0.29, 0.717) is 12.2 Å². The number of carbonyl (C=O) groups excluding carboxylic acids is 1. The lowest BCUT2D eigenvalue weighted by molar-refractivity contribution is 0.0600. The largest absolute Gasteiger partial charge is 0.497 e. The van der Waals surface area contributed by atoms with Crippen molar-refractivity contribution in [1.82, 2.24) is 0 Å². The molecular weight excluding hydrogens is 330 g/mol. The molecule has 0 amide bonds. The molecular formula is C21H23NO4. The first-order chi connectivity index (χ1) is 12.7. The molecule has 0 bridgehead atoms. The van der Waals surface area contributed by atoms with Gasteiger partial charge in [0.2, 0.25) is 0 Å². The molecule has 0 N–H and O–H groups in total. The first kappa shape index (κ1) is 18.0. The Hall–Kier alpha value is -2.79. The lowest BCUT2D eigenvalue weighted by atomic mass is 10.1. The van der Waals surface area contributed by atoms with E-state index in [2.05, 4.69) is 11.0 Å².